The van der Waals surface area contributed by atoms with E-state index in [2.05, 4.69) is 64.1 Å². The van der Waals surface area contributed by atoms with Crippen molar-refractivity contribution in [2.45, 2.75) is 19.0 Å². The second-order valence-corrected chi connectivity index (χ2v) is 6.28. The Bertz CT molecular complexity index is 600. The van der Waals surface area contributed by atoms with E-state index in [1.54, 1.807) is 0 Å². The summed E-state index contributed by atoms with van der Waals surface area (Å²) in [4.78, 5) is 2.47. The average molecular weight is 362 g/mol. The minimum atomic E-state index is 0. The van der Waals surface area contributed by atoms with Gasteiger partial charge in [0, 0.05) is 51.1 Å². The van der Waals surface area contributed by atoms with Crippen LogP contribution in [-0.2, 0) is 6.54 Å². The maximum absolute atomic E-state index is 9.44. The first kappa shape index (κ1) is 19.7. The van der Waals surface area contributed by atoms with E-state index in [4.69, 9.17) is 0 Å². The number of halogens is 1. The van der Waals surface area contributed by atoms with Gasteiger partial charge in [0.05, 0.1) is 0 Å². The highest BCUT2D eigenvalue weighted by Crippen LogP contribution is 2.26. The Labute approximate surface area is 156 Å². The topological polar surface area (TPSA) is 47.5 Å². The molecule has 0 unspecified atom stereocenters. The fraction of sp³-hybridized carbons (Fsp3) is 0.400. The maximum atomic E-state index is 9.44. The molecule has 0 aliphatic carbocycles. The van der Waals surface area contributed by atoms with Crippen molar-refractivity contribution in [3.05, 3.63) is 65.7 Å². The lowest BCUT2D eigenvalue weighted by Gasteiger charge is -2.35. The first-order valence-corrected chi connectivity index (χ1v) is 8.80. The minimum absolute atomic E-state index is 0. The van der Waals surface area contributed by atoms with Crippen LogP contribution in [0.2, 0.25) is 0 Å². The van der Waals surface area contributed by atoms with Gasteiger partial charge in [0.25, 0.3) is 0 Å². The molecule has 0 saturated carbocycles. The Hall–Kier alpha value is -1.59. The number of hydrogen-bond acceptors (Lipinski definition) is 4. The third-order valence-electron chi connectivity index (χ3n) is 4.63. The molecule has 0 radical (unpaired) electrons. The van der Waals surface area contributed by atoms with Crippen molar-refractivity contribution < 1.29 is 5.11 Å². The average Bonchev–Trinajstić information content (AvgIpc) is 2.66. The number of nitrogens with zero attached hydrogens (tertiary/aromatic N) is 1. The van der Waals surface area contributed by atoms with Gasteiger partial charge in [0.15, 0.2) is 0 Å². The molecule has 1 fully saturated rings. The van der Waals surface area contributed by atoms with E-state index in [0.29, 0.717) is 6.04 Å². The van der Waals surface area contributed by atoms with Gasteiger partial charge >= 0.3 is 0 Å². The maximum Gasteiger partial charge on any atom is 0.0449 e. The second kappa shape index (κ2) is 10.4. The monoisotopic (exact) mass is 361 g/mol. The van der Waals surface area contributed by atoms with Crippen molar-refractivity contribution in [1.82, 2.24) is 10.2 Å². The molecular formula is C20H28ClN3O. The van der Waals surface area contributed by atoms with Gasteiger partial charge in [-0.05, 0) is 29.7 Å². The summed E-state index contributed by atoms with van der Waals surface area (Å²) < 4.78 is 0. The SMILES string of the molecule is Cl.OCC[C@@H](c1ccc(NCc2ccccc2)cc1)N1CCNCC1. The van der Waals surface area contributed by atoms with E-state index in [-0.39, 0.29) is 19.0 Å². The Morgan fingerprint density at radius 1 is 1.00 bits per heavy atom. The fourth-order valence-electron chi connectivity index (χ4n) is 3.30. The summed E-state index contributed by atoms with van der Waals surface area (Å²) in [5, 5.41) is 16.3. The zero-order valence-electron chi connectivity index (χ0n) is 14.5. The zero-order valence-corrected chi connectivity index (χ0v) is 15.3. The van der Waals surface area contributed by atoms with Crippen LogP contribution in [0.25, 0.3) is 0 Å². The molecule has 1 atom stereocenters. The van der Waals surface area contributed by atoms with Gasteiger partial charge in [0.1, 0.15) is 0 Å². The molecule has 25 heavy (non-hydrogen) atoms. The van der Waals surface area contributed by atoms with Crippen molar-refractivity contribution in [3.63, 3.8) is 0 Å². The summed E-state index contributed by atoms with van der Waals surface area (Å²) in [6, 6.07) is 19.4. The molecule has 3 N–H and O–H groups in total. The van der Waals surface area contributed by atoms with Crippen molar-refractivity contribution in [2.75, 3.05) is 38.1 Å². The quantitative estimate of drug-likeness (QED) is 0.709. The van der Waals surface area contributed by atoms with Gasteiger partial charge in [-0.25, -0.2) is 0 Å². The molecular weight excluding hydrogens is 334 g/mol. The van der Waals surface area contributed by atoms with Crippen LogP contribution in [0.15, 0.2) is 54.6 Å². The predicted molar refractivity (Wildman–Crippen MR) is 106 cm³/mol. The molecule has 3 rings (SSSR count). The van der Waals surface area contributed by atoms with Gasteiger partial charge in [0.2, 0.25) is 0 Å². The number of piperazine rings is 1. The van der Waals surface area contributed by atoms with Crippen molar-refractivity contribution in [1.29, 1.82) is 0 Å². The first-order valence-electron chi connectivity index (χ1n) is 8.80. The van der Waals surface area contributed by atoms with E-state index >= 15 is 0 Å². The second-order valence-electron chi connectivity index (χ2n) is 6.28. The highest BCUT2D eigenvalue weighted by atomic mass is 35.5. The molecule has 1 aliphatic rings. The molecule has 2 aromatic rings. The van der Waals surface area contributed by atoms with E-state index in [1.165, 1.54) is 11.1 Å². The number of aliphatic hydroxyl groups excluding tert-OH is 1. The lowest BCUT2D eigenvalue weighted by Crippen LogP contribution is -2.45. The van der Waals surface area contributed by atoms with Crippen molar-refractivity contribution in [2.24, 2.45) is 0 Å². The summed E-state index contributed by atoms with van der Waals surface area (Å²) in [6.45, 7) is 5.19. The molecule has 0 spiro atoms. The number of aliphatic hydroxyl groups is 1. The summed E-state index contributed by atoms with van der Waals surface area (Å²) >= 11 is 0. The van der Waals surface area contributed by atoms with Crippen LogP contribution in [0.3, 0.4) is 0 Å². The highest BCUT2D eigenvalue weighted by Gasteiger charge is 2.21. The number of nitrogens with one attached hydrogen (secondary N) is 2. The van der Waals surface area contributed by atoms with Gasteiger partial charge in [-0.3, -0.25) is 4.90 Å². The minimum Gasteiger partial charge on any atom is -0.396 e. The third kappa shape index (κ3) is 5.72. The Kier molecular flexibility index (Phi) is 8.22. The summed E-state index contributed by atoms with van der Waals surface area (Å²) in [6.07, 6.45) is 0.788. The van der Waals surface area contributed by atoms with Gasteiger partial charge in [-0.1, -0.05) is 42.5 Å². The molecule has 0 amide bonds. The molecule has 0 bridgehead atoms. The standard InChI is InChI=1S/C20H27N3O.ClH/c24-15-10-20(23-13-11-21-12-14-23)18-6-8-19(9-7-18)22-16-17-4-2-1-3-5-17;/h1-9,20-22,24H,10-16H2;1H/t20-;/m0./s1. The molecule has 5 heteroatoms. The van der Waals surface area contributed by atoms with Crippen LogP contribution in [0, 0.1) is 0 Å². The Morgan fingerprint density at radius 3 is 2.32 bits per heavy atom. The van der Waals surface area contributed by atoms with Crippen LogP contribution < -0.4 is 10.6 Å². The zero-order chi connectivity index (χ0) is 16.6. The number of benzene rings is 2. The predicted octanol–water partition coefficient (Wildman–Crippen LogP) is 3.05. The number of hydrogen-bond donors (Lipinski definition) is 3. The molecule has 2 aromatic carbocycles. The van der Waals surface area contributed by atoms with Crippen LogP contribution in [-0.4, -0.2) is 42.8 Å². The molecule has 4 nitrogen and oxygen atoms in total. The number of anilines is 1. The largest absolute Gasteiger partial charge is 0.396 e. The molecule has 136 valence electrons. The lowest BCUT2D eigenvalue weighted by molar-refractivity contribution is 0.141. The lowest BCUT2D eigenvalue weighted by atomic mass is 10.0. The highest BCUT2D eigenvalue weighted by molar-refractivity contribution is 5.85. The van der Waals surface area contributed by atoms with Crippen LogP contribution in [0.4, 0.5) is 5.69 Å². The third-order valence-corrected chi connectivity index (χ3v) is 4.63. The molecule has 1 heterocycles. The van der Waals surface area contributed by atoms with E-state index in [9.17, 15) is 5.11 Å². The van der Waals surface area contributed by atoms with Crippen molar-refractivity contribution >= 4 is 18.1 Å². The fourth-order valence-corrected chi connectivity index (χ4v) is 3.30. The normalized spacial score (nSPS) is 16.0. The van der Waals surface area contributed by atoms with E-state index in [1.807, 2.05) is 6.07 Å². The molecule has 0 aromatic heterocycles. The van der Waals surface area contributed by atoms with Crippen LogP contribution in [0.1, 0.15) is 23.6 Å². The van der Waals surface area contributed by atoms with Gasteiger partial charge in [-0.2, -0.15) is 0 Å². The van der Waals surface area contributed by atoms with Gasteiger partial charge in [-0.15, -0.1) is 12.4 Å². The Balaban J connectivity index is 0.00000225. The summed E-state index contributed by atoms with van der Waals surface area (Å²) in [7, 11) is 0. The van der Waals surface area contributed by atoms with Crippen LogP contribution >= 0.6 is 12.4 Å². The number of rotatable bonds is 7. The molecule has 1 saturated heterocycles. The first-order chi connectivity index (χ1) is 11.9. The smallest absolute Gasteiger partial charge is 0.0449 e. The van der Waals surface area contributed by atoms with E-state index < -0.39 is 0 Å². The van der Waals surface area contributed by atoms with Gasteiger partial charge < -0.3 is 15.7 Å². The van der Waals surface area contributed by atoms with Crippen LogP contribution in [0.5, 0.6) is 0 Å². The molecule has 1 aliphatic heterocycles. The van der Waals surface area contributed by atoms with Crippen molar-refractivity contribution in [3.8, 4) is 0 Å². The Morgan fingerprint density at radius 2 is 1.68 bits per heavy atom. The summed E-state index contributed by atoms with van der Waals surface area (Å²) in [5.74, 6) is 0. The van der Waals surface area contributed by atoms with E-state index in [0.717, 1.165) is 44.8 Å². The summed E-state index contributed by atoms with van der Waals surface area (Å²) in [5.41, 5.74) is 3.70.